The van der Waals surface area contributed by atoms with Crippen molar-refractivity contribution in [3.63, 3.8) is 0 Å². The second kappa shape index (κ2) is 5.63. The molecule has 2 amide bonds. The van der Waals surface area contributed by atoms with Gasteiger partial charge in [0.15, 0.2) is 5.69 Å². The molecule has 3 aliphatic rings. The molecule has 0 spiro atoms. The molecule has 0 bridgehead atoms. The van der Waals surface area contributed by atoms with Gasteiger partial charge in [0.05, 0.1) is 32.0 Å². The van der Waals surface area contributed by atoms with Crippen LogP contribution < -0.4 is 0 Å². The first-order chi connectivity index (χ1) is 11.1. The molecule has 4 rings (SSSR count). The molecule has 1 aromatic rings. The third kappa shape index (κ3) is 2.43. The molecule has 1 aliphatic carbocycles. The maximum Gasteiger partial charge on any atom is 0.274 e. The molecule has 23 heavy (non-hydrogen) atoms. The van der Waals surface area contributed by atoms with Gasteiger partial charge in [-0.2, -0.15) is 5.10 Å². The summed E-state index contributed by atoms with van der Waals surface area (Å²) in [5.41, 5.74) is 2.43. The maximum absolute atomic E-state index is 12.7. The first-order valence-electron chi connectivity index (χ1n) is 8.35. The van der Waals surface area contributed by atoms with Crippen LogP contribution in [0.1, 0.15) is 41.0 Å². The third-order valence-electron chi connectivity index (χ3n) is 5.23. The summed E-state index contributed by atoms with van der Waals surface area (Å²) < 4.78 is 7.07. The molecule has 3 heterocycles. The number of nitrogens with zero attached hydrogens (tertiary/aromatic N) is 4. The van der Waals surface area contributed by atoms with Gasteiger partial charge in [-0.15, -0.1) is 0 Å². The minimum Gasteiger partial charge on any atom is -0.378 e. The molecule has 0 radical (unpaired) electrons. The molecule has 0 atom stereocenters. The summed E-state index contributed by atoms with van der Waals surface area (Å²) in [5.74, 6) is 0.385. The molecule has 1 saturated heterocycles. The monoisotopic (exact) mass is 318 g/mol. The van der Waals surface area contributed by atoms with Gasteiger partial charge in [-0.1, -0.05) is 6.42 Å². The van der Waals surface area contributed by atoms with Gasteiger partial charge >= 0.3 is 0 Å². The number of aryl methyl sites for hydroxylation is 1. The van der Waals surface area contributed by atoms with Gasteiger partial charge in [0.25, 0.3) is 5.91 Å². The van der Waals surface area contributed by atoms with Crippen molar-refractivity contribution in [3.8, 4) is 0 Å². The van der Waals surface area contributed by atoms with E-state index in [2.05, 4.69) is 5.10 Å². The fourth-order valence-electron chi connectivity index (χ4n) is 3.55. The molecule has 7 nitrogen and oxygen atoms in total. The van der Waals surface area contributed by atoms with E-state index >= 15 is 0 Å². The predicted molar refractivity (Wildman–Crippen MR) is 81.5 cm³/mol. The van der Waals surface area contributed by atoms with Crippen molar-refractivity contribution in [1.29, 1.82) is 0 Å². The fraction of sp³-hybridized carbons (Fsp3) is 0.688. The largest absolute Gasteiger partial charge is 0.378 e. The average Bonchev–Trinajstić information content (AvgIpc) is 3.07. The van der Waals surface area contributed by atoms with Crippen LogP contribution in [-0.2, 0) is 29.7 Å². The van der Waals surface area contributed by atoms with Gasteiger partial charge in [-0.3, -0.25) is 14.3 Å². The Balaban J connectivity index is 1.54. The topological polar surface area (TPSA) is 67.7 Å². The second-order valence-electron chi connectivity index (χ2n) is 6.62. The highest BCUT2D eigenvalue weighted by Gasteiger charge is 2.37. The Bertz CT molecular complexity index is 644. The number of carbonyl (C=O) groups is 2. The van der Waals surface area contributed by atoms with E-state index in [1.165, 1.54) is 0 Å². The van der Waals surface area contributed by atoms with Crippen LogP contribution >= 0.6 is 0 Å². The number of aromatic nitrogens is 2. The highest BCUT2D eigenvalue weighted by atomic mass is 16.5. The zero-order valence-electron chi connectivity index (χ0n) is 13.5. The lowest BCUT2D eigenvalue weighted by atomic mass is 9.84. The average molecular weight is 318 g/mol. The smallest absolute Gasteiger partial charge is 0.274 e. The number of carbonyl (C=O) groups excluding carboxylic acids is 2. The van der Waals surface area contributed by atoms with Gasteiger partial charge in [-0.25, -0.2) is 0 Å². The van der Waals surface area contributed by atoms with Crippen LogP contribution in [0.15, 0.2) is 0 Å². The lowest BCUT2D eigenvalue weighted by molar-refractivity contribution is -0.138. The first kappa shape index (κ1) is 14.7. The van der Waals surface area contributed by atoms with E-state index in [4.69, 9.17) is 4.74 Å². The van der Waals surface area contributed by atoms with Crippen molar-refractivity contribution >= 4 is 11.8 Å². The molecular weight excluding hydrogens is 296 g/mol. The molecule has 1 saturated carbocycles. The van der Waals surface area contributed by atoms with Crippen LogP contribution in [0, 0.1) is 5.92 Å². The van der Waals surface area contributed by atoms with E-state index < -0.39 is 0 Å². The molecule has 2 aliphatic heterocycles. The Labute approximate surface area is 135 Å². The van der Waals surface area contributed by atoms with Gasteiger partial charge in [0.2, 0.25) is 5.91 Å². The number of hydrogen-bond donors (Lipinski definition) is 0. The van der Waals surface area contributed by atoms with Crippen LogP contribution in [0.2, 0.25) is 0 Å². The van der Waals surface area contributed by atoms with Crippen molar-refractivity contribution in [2.75, 3.05) is 26.3 Å². The van der Waals surface area contributed by atoms with Gasteiger partial charge < -0.3 is 14.5 Å². The van der Waals surface area contributed by atoms with Crippen LogP contribution in [-0.4, -0.2) is 57.7 Å². The SMILES string of the molecule is Cn1nc(C(=O)N2CCOCC2)c2c1CN(C(=O)C1CCC1)C2. The lowest BCUT2D eigenvalue weighted by Gasteiger charge is -2.29. The van der Waals surface area contributed by atoms with Crippen molar-refractivity contribution in [1.82, 2.24) is 19.6 Å². The third-order valence-corrected chi connectivity index (χ3v) is 5.23. The summed E-state index contributed by atoms with van der Waals surface area (Å²) in [5, 5.41) is 4.43. The summed E-state index contributed by atoms with van der Waals surface area (Å²) in [6, 6.07) is 0. The molecule has 0 aromatic carbocycles. The van der Waals surface area contributed by atoms with E-state index in [1.54, 1.807) is 9.58 Å². The zero-order valence-corrected chi connectivity index (χ0v) is 13.5. The Hall–Kier alpha value is -1.89. The van der Waals surface area contributed by atoms with Crippen LogP contribution in [0.5, 0.6) is 0 Å². The highest BCUT2D eigenvalue weighted by Crippen LogP contribution is 2.33. The predicted octanol–water partition coefficient (Wildman–Crippen LogP) is 0.535. The summed E-state index contributed by atoms with van der Waals surface area (Å²) >= 11 is 0. The van der Waals surface area contributed by atoms with E-state index in [9.17, 15) is 9.59 Å². The number of hydrogen-bond acceptors (Lipinski definition) is 4. The molecule has 0 N–H and O–H groups in total. The minimum absolute atomic E-state index is 0.0388. The van der Waals surface area contributed by atoms with Crippen LogP contribution in [0.25, 0.3) is 0 Å². The number of amides is 2. The van der Waals surface area contributed by atoms with Gasteiger partial charge in [-0.05, 0) is 12.8 Å². The Kier molecular flexibility index (Phi) is 3.60. The van der Waals surface area contributed by atoms with Crippen molar-refractivity contribution in [2.24, 2.45) is 13.0 Å². The molecule has 0 unspecified atom stereocenters. The normalized spacial score (nSPS) is 21.3. The number of ether oxygens (including phenoxy) is 1. The van der Waals surface area contributed by atoms with E-state index in [-0.39, 0.29) is 17.7 Å². The van der Waals surface area contributed by atoms with Gasteiger partial charge in [0.1, 0.15) is 0 Å². The summed E-state index contributed by atoms with van der Waals surface area (Å²) in [6.45, 7) is 3.46. The molecule has 1 aromatic heterocycles. The van der Waals surface area contributed by atoms with Gasteiger partial charge in [0, 0.05) is 31.6 Å². The van der Waals surface area contributed by atoms with Crippen LogP contribution in [0.3, 0.4) is 0 Å². The second-order valence-corrected chi connectivity index (χ2v) is 6.62. The first-order valence-corrected chi connectivity index (χ1v) is 8.35. The molecule has 7 heteroatoms. The van der Waals surface area contributed by atoms with E-state index in [0.717, 1.165) is 30.5 Å². The summed E-state index contributed by atoms with van der Waals surface area (Å²) in [7, 11) is 1.85. The molecular formula is C16H22N4O3. The summed E-state index contributed by atoms with van der Waals surface area (Å²) in [6.07, 6.45) is 3.16. The number of fused-ring (bicyclic) bond motifs is 1. The fourth-order valence-corrected chi connectivity index (χ4v) is 3.55. The van der Waals surface area contributed by atoms with Crippen molar-refractivity contribution in [3.05, 3.63) is 17.0 Å². The zero-order chi connectivity index (χ0) is 16.0. The Morgan fingerprint density at radius 3 is 2.52 bits per heavy atom. The molecule has 2 fully saturated rings. The number of morpholine rings is 1. The number of rotatable bonds is 2. The lowest BCUT2D eigenvalue weighted by Crippen LogP contribution is -2.41. The van der Waals surface area contributed by atoms with Crippen LogP contribution in [0.4, 0.5) is 0 Å². The quantitative estimate of drug-likeness (QED) is 0.798. The highest BCUT2D eigenvalue weighted by molar-refractivity contribution is 5.94. The minimum atomic E-state index is -0.0388. The standard InChI is InChI=1S/C16H22N4O3/c1-18-13-10-20(15(21)11-3-2-4-11)9-12(13)14(17-18)16(22)19-5-7-23-8-6-19/h11H,2-10H2,1H3. The molecule has 124 valence electrons. The van der Waals surface area contributed by atoms with E-state index in [1.807, 2.05) is 11.9 Å². The maximum atomic E-state index is 12.7. The Morgan fingerprint density at radius 1 is 1.13 bits per heavy atom. The Morgan fingerprint density at radius 2 is 1.87 bits per heavy atom. The van der Waals surface area contributed by atoms with Crippen molar-refractivity contribution < 1.29 is 14.3 Å². The van der Waals surface area contributed by atoms with E-state index in [0.29, 0.717) is 45.1 Å². The summed E-state index contributed by atoms with van der Waals surface area (Å²) in [4.78, 5) is 28.9. The van der Waals surface area contributed by atoms with Crippen molar-refractivity contribution in [2.45, 2.75) is 32.4 Å².